The predicted octanol–water partition coefficient (Wildman–Crippen LogP) is 2.88. The summed E-state index contributed by atoms with van der Waals surface area (Å²) in [5.74, 6) is 0. The Morgan fingerprint density at radius 1 is 0.652 bits per heavy atom. The van der Waals surface area contributed by atoms with E-state index in [-0.39, 0.29) is 21.7 Å². The maximum atomic E-state index is 6.41. The normalized spacial score (nSPS) is 19.2. The number of ether oxygens (including phenoxy) is 3. The van der Waals surface area contributed by atoms with E-state index in [1.54, 1.807) is 21.3 Å². The molecule has 3 atom stereocenters. The molecule has 0 aromatic heterocycles. The zero-order chi connectivity index (χ0) is 18.1. The molecule has 0 aliphatic rings. The molecule has 0 saturated heterocycles. The van der Waals surface area contributed by atoms with Crippen LogP contribution >= 0.6 is 0 Å². The van der Waals surface area contributed by atoms with Crippen molar-refractivity contribution in [2.24, 2.45) is 0 Å². The van der Waals surface area contributed by atoms with Gasteiger partial charge in [-0.1, -0.05) is 0 Å². The van der Waals surface area contributed by atoms with Crippen LogP contribution in [-0.2, 0) is 23.4 Å². The Morgan fingerprint density at radius 2 is 0.913 bits per heavy atom. The van der Waals surface area contributed by atoms with Crippen molar-refractivity contribution in [3.63, 3.8) is 0 Å². The summed E-state index contributed by atoms with van der Waals surface area (Å²) < 4.78 is 34.6. The first-order chi connectivity index (χ1) is 10.6. The molecule has 0 spiro atoms. The van der Waals surface area contributed by atoms with E-state index in [1.807, 2.05) is 20.8 Å². The molecule has 0 aliphatic carbocycles. The van der Waals surface area contributed by atoms with Crippen molar-refractivity contribution in [2.75, 3.05) is 41.2 Å². The molecule has 6 nitrogen and oxygen atoms in total. The van der Waals surface area contributed by atoms with Crippen molar-refractivity contribution >= 4 is 19.6 Å². The van der Waals surface area contributed by atoms with Crippen molar-refractivity contribution in [1.29, 1.82) is 0 Å². The molecular weight excluding hydrogens is 407 g/mol. The number of rotatable bonds is 12. The first kappa shape index (κ1) is 23.6. The Kier molecular flexibility index (Phi) is 11.5. The van der Waals surface area contributed by atoms with Gasteiger partial charge in [0.15, 0.2) is 0 Å². The molecule has 0 bridgehead atoms. The molecule has 0 amide bonds. The molecule has 0 aromatic carbocycles. The average molecular weight is 443 g/mol. The summed E-state index contributed by atoms with van der Waals surface area (Å²) in [6.45, 7) is 13.8. The quantitative estimate of drug-likeness (QED) is 0.433. The molecule has 0 radical (unpaired) electrons. The summed E-state index contributed by atoms with van der Waals surface area (Å²) in [5.41, 5.74) is 0. The zero-order valence-corrected chi connectivity index (χ0v) is 19.2. The third kappa shape index (κ3) is 8.47. The molecule has 3 unspecified atom stereocenters. The Morgan fingerprint density at radius 3 is 1.09 bits per heavy atom. The molecule has 0 aliphatic heterocycles. The molecule has 140 valence electrons. The van der Waals surface area contributed by atoms with E-state index in [1.165, 1.54) is 0 Å². The molecule has 0 heterocycles. The molecule has 0 N–H and O–H groups in total. The monoisotopic (exact) mass is 444 g/mol. The SMILES string of the molecule is COCC(C)[O][Sn]([O]C(C)COC)([O]C(C)COC)[C](C)(C)C. The van der Waals surface area contributed by atoms with Gasteiger partial charge < -0.3 is 0 Å². The van der Waals surface area contributed by atoms with Crippen molar-refractivity contribution in [3.8, 4) is 0 Å². The van der Waals surface area contributed by atoms with Crippen LogP contribution in [0.15, 0.2) is 0 Å². The second kappa shape index (κ2) is 11.2. The fourth-order valence-electron chi connectivity index (χ4n) is 2.21. The fraction of sp³-hybridized carbons (Fsp3) is 1.00. The summed E-state index contributed by atoms with van der Waals surface area (Å²) in [4.78, 5) is 0. The Balaban J connectivity index is 5.43. The van der Waals surface area contributed by atoms with Gasteiger partial charge in [-0.25, -0.2) is 0 Å². The van der Waals surface area contributed by atoms with Crippen LogP contribution < -0.4 is 0 Å². The Labute approximate surface area is 147 Å². The number of hydrogen-bond acceptors (Lipinski definition) is 6. The van der Waals surface area contributed by atoms with Gasteiger partial charge in [0, 0.05) is 0 Å². The minimum absolute atomic E-state index is 0.0977. The second-order valence-corrected chi connectivity index (χ2v) is 16.4. The van der Waals surface area contributed by atoms with Gasteiger partial charge in [0.1, 0.15) is 0 Å². The van der Waals surface area contributed by atoms with E-state index in [4.69, 9.17) is 23.4 Å². The van der Waals surface area contributed by atoms with Gasteiger partial charge in [0.05, 0.1) is 0 Å². The van der Waals surface area contributed by atoms with Crippen LogP contribution in [0.25, 0.3) is 0 Å². The van der Waals surface area contributed by atoms with Crippen LogP contribution in [0.3, 0.4) is 0 Å². The number of methoxy groups -OCH3 is 3. The fourth-order valence-corrected chi connectivity index (χ4v) is 10.8. The first-order valence-corrected chi connectivity index (χ1v) is 13.0. The van der Waals surface area contributed by atoms with Crippen molar-refractivity contribution in [3.05, 3.63) is 0 Å². The second-order valence-electron chi connectivity index (χ2n) is 6.96. The van der Waals surface area contributed by atoms with E-state index in [2.05, 4.69) is 20.8 Å². The van der Waals surface area contributed by atoms with E-state index < -0.39 is 19.6 Å². The van der Waals surface area contributed by atoms with Crippen LogP contribution in [0.5, 0.6) is 0 Å². The Hall–Kier alpha value is 0.559. The van der Waals surface area contributed by atoms with Crippen LogP contribution in [0.1, 0.15) is 41.5 Å². The molecule has 0 saturated carbocycles. The van der Waals surface area contributed by atoms with Crippen LogP contribution in [0.4, 0.5) is 0 Å². The summed E-state index contributed by atoms with van der Waals surface area (Å²) in [7, 11) is 4.99. The average Bonchev–Trinajstić information content (AvgIpc) is 2.37. The molecule has 0 fully saturated rings. The summed E-state index contributed by atoms with van der Waals surface area (Å²) in [6.07, 6.45) is -0.293. The standard InChI is InChI=1S/3C4H9O2.C4H9.Sn/c3*1-4(5)3-6-2;1-4(2)3;/h3*4H,3H2,1-2H3;1-3H3;/q3*-1;;+3. The van der Waals surface area contributed by atoms with Gasteiger partial charge in [-0.2, -0.15) is 0 Å². The van der Waals surface area contributed by atoms with E-state index in [9.17, 15) is 0 Å². The minimum atomic E-state index is -3.96. The molecular formula is C16H36O6Sn. The number of hydrogen-bond donors (Lipinski definition) is 0. The summed E-state index contributed by atoms with van der Waals surface area (Å²) >= 11 is -3.96. The Bertz CT molecular complexity index is 271. The van der Waals surface area contributed by atoms with E-state index >= 15 is 0 Å². The van der Waals surface area contributed by atoms with Gasteiger partial charge in [-0.05, 0) is 0 Å². The summed E-state index contributed by atoms with van der Waals surface area (Å²) in [5, 5.41) is 0. The van der Waals surface area contributed by atoms with E-state index in [0.29, 0.717) is 19.8 Å². The zero-order valence-electron chi connectivity index (χ0n) is 16.3. The van der Waals surface area contributed by atoms with Crippen LogP contribution in [0, 0.1) is 0 Å². The molecule has 0 rings (SSSR count). The van der Waals surface area contributed by atoms with Gasteiger partial charge in [-0.3, -0.25) is 0 Å². The topological polar surface area (TPSA) is 55.4 Å². The van der Waals surface area contributed by atoms with Gasteiger partial charge >= 0.3 is 147 Å². The van der Waals surface area contributed by atoms with Gasteiger partial charge in [0.2, 0.25) is 0 Å². The predicted molar refractivity (Wildman–Crippen MR) is 92.7 cm³/mol. The van der Waals surface area contributed by atoms with Gasteiger partial charge in [0.25, 0.3) is 0 Å². The summed E-state index contributed by atoms with van der Waals surface area (Å²) in [6, 6.07) is 0. The van der Waals surface area contributed by atoms with Crippen LogP contribution in [0.2, 0.25) is 3.43 Å². The third-order valence-corrected chi connectivity index (χ3v) is 14.5. The molecule has 23 heavy (non-hydrogen) atoms. The van der Waals surface area contributed by atoms with Crippen LogP contribution in [-0.4, -0.2) is 79.1 Å². The van der Waals surface area contributed by atoms with E-state index in [0.717, 1.165) is 0 Å². The third-order valence-electron chi connectivity index (χ3n) is 3.19. The van der Waals surface area contributed by atoms with Crippen molar-refractivity contribution in [1.82, 2.24) is 0 Å². The molecule has 0 aromatic rings. The maximum absolute atomic E-state index is 6.41. The van der Waals surface area contributed by atoms with Gasteiger partial charge in [-0.15, -0.1) is 0 Å². The van der Waals surface area contributed by atoms with Crippen molar-refractivity contribution < 1.29 is 23.4 Å². The first-order valence-electron chi connectivity index (χ1n) is 8.12. The van der Waals surface area contributed by atoms with Crippen molar-refractivity contribution in [2.45, 2.75) is 63.3 Å². The molecule has 7 heteroatoms.